The van der Waals surface area contributed by atoms with E-state index in [0.29, 0.717) is 5.56 Å². The highest BCUT2D eigenvalue weighted by molar-refractivity contribution is 7.16. The molecule has 118 valence electrons. The number of aryl methyl sites for hydroxylation is 1. The molecule has 0 amide bonds. The summed E-state index contributed by atoms with van der Waals surface area (Å²) >= 11 is 1.75. The molecule has 0 aliphatic heterocycles. The number of nitrogens with zero attached hydrogens (tertiary/aromatic N) is 2. The van der Waals surface area contributed by atoms with E-state index in [1.165, 1.54) is 15.3 Å². The first-order valence-corrected chi connectivity index (χ1v) is 8.37. The van der Waals surface area contributed by atoms with E-state index in [1.807, 2.05) is 36.4 Å². The van der Waals surface area contributed by atoms with Gasteiger partial charge in [-0.25, -0.2) is 0 Å². The lowest BCUT2D eigenvalue weighted by atomic mass is 10.00. The van der Waals surface area contributed by atoms with Crippen molar-refractivity contribution in [3.05, 3.63) is 64.5 Å². The number of nitrogens with two attached hydrogens (primary N) is 1. The molecule has 0 aliphatic carbocycles. The molecule has 1 aromatic heterocycles. The molecule has 4 heteroatoms. The van der Waals surface area contributed by atoms with Gasteiger partial charge < -0.3 is 5.73 Å². The van der Waals surface area contributed by atoms with Gasteiger partial charge in [-0.3, -0.25) is 4.99 Å². The highest BCUT2D eigenvalue weighted by Gasteiger charge is 2.12. The number of aliphatic imine (C=N–C) groups is 1. The zero-order chi connectivity index (χ0) is 17.1. The lowest BCUT2D eigenvalue weighted by molar-refractivity contribution is 1.46. The molecule has 0 saturated heterocycles. The van der Waals surface area contributed by atoms with Crippen LogP contribution in [-0.4, -0.2) is 13.3 Å². The van der Waals surface area contributed by atoms with Gasteiger partial charge in [0.2, 0.25) is 0 Å². The van der Waals surface area contributed by atoms with Crippen LogP contribution >= 0.6 is 11.3 Å². The largest absolute Gasteiger partial charge is 0.398 e. The number of hydrogen-bond acceptors (Lipinski definition) is 4. The molecule has 0 unspecified atom stereocenters. The minimum atomic E-state index is 0.668. The van der Waals surface area contributed by atoms with E-state index in [9.17, 15) is 0 Å². The summed E-state index contributed by atoms with van der Waals surface area (Å²) in [6.07, 6.45) is 1.78. The van der Waals surface area contributed by atoms with Crippen molar-refractivity contribution < 1.29 is 0 Å². The van der Waals surface area contributed by atoms with Crippen LogP contribution in [0.3, 0.4) is 0 Å². The molecule has 0 fully saturated rings. The van der Waals surface area contributed by atoms with Gasteiger partial charge in [-0.2, -0.15) is 5.26 Å². The van der Waals surface area contributed by atoms with Crippen molar-refractivity contribution in [2.24, 2.45) is 4.99 Å². The first-order valence-electron chi connectivity index (χ1n) is 7.55. The first-order chi connectivity index (χ1) is 11.6. The molecule has 1 heterocycles. The normalized spacial score (nSPS) is 10.9. The van der Waals surface area contributed by atoms with Crippen LogP contribution in [0.1, 0.15) is 16.0 Å². The standard InChI is InChI=1S/C20H17N3S/c1-13-9-18(15-5-3-14(11-21)4-6-15)20(24-13)16-7-8-19(22)17(10-16)12-23-2/h3-10,12H,22H2,1-2H3. The van der Waals surface area contributed by atoms with Crippen molar-refractivity contribution in [1.29, 1.82) is 5.26 Å². The molecule has 3 aromatic rings. The van der Waals surface area contributed by atoms with Gasteiger partial charge in [-0.05, 0) is 48.4 Å². The van der Waals surface area contributed by atoms with Crippen molar-refractivity contribution in [1.82, 2.24) is 0 Å². The van der Waals surface area contributed by atoms with E-state index in [1.54, 1.807) is 24.6 Å². The number of nitriles is 1. The van der Waals surface area contributed by atoms with Crippen molar-refractivity contribution in [3.63, 3.8) is 0 Å². The molecule has 0 bridgehead atoms. The molecule has 2 aromatic carbocycles. The van der Waals surface area contributed by atoms with Crippen molar-refractivity contribution in [2.45, 2.75) is 6.92 Å². The van der Waals surface area contributed by atoms with Crippen LogP contribution in [0.15, 0.2) is 53.5 Å². The van der Waals surface area contributed by atoms with Crippen LogP contribution in [0.25, 0.3) is 21.6 Å². The molecule has 0 aliphatic rings. The number of anilines is 1. The Balaban J connectivity index is 2.12. The Labute approximate surface area is 145 Å². The predicted molar refractivity (Wildman–Crippen MR) is 103 cm³/mol. The second kappa shape index (κ2) is 6.69. The second-order valence-electron chi connectivity index (χ2n) is 5.52. The molecule has 3 rings (SSSR count). The Morgan fingerprint density at radius 2 is 1.79 bits per heavy atom. The van der Waals surface area contributed by atoms with Gasteiger partial charge in [0.25, 0.3) is 0 Å². The predicted octanol–water partition coefficient (Wildman–Crippen LogP) is 4.89. The minimum Gasteiger partial charge on any atom is -0.398 e. The molecule has 0 saturated carbocycles. The molecular formula is C20H17N3S. The van der Waals surface area contributed by atoms with Crippen LogP contribution in [0.5, 0.6) is 0 Å². The molecule has 24 heavy (non-hydrogen) atoms. The van der Waals surface area contributed by atoms with Gasteiger partial charge in [-0.1, -0.05) is 18.2 Å². The first kappa shape index (κ1) is 16.0. The van der Waals surface area contributed by atoms with Crippen LogP contribution in [-0.2, 0) is 0 Å². The quantitative estimate of drug-likeness (QED) is 0.548. The lowest BCUT2D eigenvalue weighted by Gasteiger charge is -2.07. The third kappa shape index (κ3) is 3.08. The summed E-state index contributed by atoms with van der Waals surface area (Å²) in [5, 5.41) is 8.97. The summed E-state index contributed by atoms with van der Waals surface area (Å²) < 4.78 is 0. The van der Waals surface area contributed by atoms with Crippen molar-refractivity contribution in [3.8, 4) is 27.6 Å². The van der Waals surface area contributed by atoms with Crippen LogP contribution < -0.4 is 5.73 Å². The third-order valence-electron chi connectivity index (χ3n) is 3.80. The van der Waals surface area contributed by atoms with E-state index >= 15 is 0 Å². The van der Waals surface area contributed by atoms with Crippen LogP contribution in [0.2, 0.25) is 0 Å². The summed E-state index contributed by atoms with van der Waals surface area (Å²) in [4.78, 5) is 6.51. The monoisotopic (exact) mass is 331 g/mol. The number of rotatable bonds is 3. The maximum Gasteiger partial charge on any atom is 0.0991 e. The number of nitrogen functional groups attached to an aromatic ring is 1. The maximum absolute atomic E-state index is 8.97. The summed E-state index contributed by atoms with van der Waals surface area (Å²) in [7, 11) is 1.74. The Kier molecular flexibility index (Phi) is 4.45. The van der Waals surface area contributed by atoms with Crippen LogP contribution in [0, 0.1) is 18.3 Å². The Hall–Kier alpha value is -2.90. The maximum atomic E-state index is 8.97. The fourth-order valence-corrected chi connectivity index (χ4v) is 3.66. The summed E-state index contributed by atoms with van der Waals surface area (Å²) in [6.45, 7) is 2.10. The average Bonchev–Trinajstić information content (AvgIpc) is 2.99. The zero-order valence-corrected chi connectivity index (χ0v) is 14.4. The highest BCUT2D eigenvalue weighted by Crippen LogP contribution is 2.39. The summed E-state index contributed by atoms with van der Waals surface area (Å²) in [5.41, 5.74) is 11.7. The molecule has 0 radical (unpaired) electrons. The zero-order valence-electron chi connectivity index (χ0n) is 13.6. The highest BCUT2D eigenvalue weighted by atomic mass is 32.1. The Morgan fingerprint density at radius 1 is 1.08 bits per heavy atom. The third-order valence-corrected chi connectivity index (χ3v) is 4.90. The van der Waals surface area contributed by atoms with Gasteiger partial charge in [0, 0.05) is 39.8 Å². The van der Waals surface area contributed by atoms with Gasteiger partial charge in [0.15, 0.2) is 0 Å². The number of thiophene rings is 1. The van der Waals surface area contributed by atoms with E-state index in [4.69, 9.17) is 11.0 Å². The Morgan fingerprint density at radius 3 is 2.46 bits per heavy atom. The van der Waals surface area contributed by atoms with E-state index in [-0.39, 0.29) is 0 Å². The van der Waals surface area contributed by atoms with E-state index in [2.05, 4.69) is 30.1 Å². The molecule has 0 atom stereocenters. The molecule has 2 N–H and O–H groups in total. The lowest BCUT2D eigenvalue weighted by Crippen LogP contribution is -1.93. The van der Waals surface area contributed by atoms with E-state index in [0.717, 1.165) is 22.4 Å². The van der Waals surface area contributed by atoms with Crippen molar-refractivity contribution >= 4 is 23.2 Å². The number of hydrogen-bond donors (Lipinski definition) is 1. The minimum absolute atomic E-state index is 0.668. The Bertz CT molecular complexity index is 944. The topological polar surface area (TPSA) is 62.2 Å². The van der Waals surface area contributed by atoms with Gasteiger partial charge in [-0.15, -0.1) is 11.3 Å². The van der Waals surface area contributed by atoms with Crippen molar-refractivity contribution in [2.75, 3.05) is 12.8 Å². The molecule has 3 nitrogen and oxygen atoms in total. The SMILES string of the molecule is CN=Cc1cc(-c2sc(C)cc2-c2ccc(C#N)cc2)ccc1N. The molecule has 0 spiro atoms. The van der Waals surface area contributed by atoms with Gasteiger partial charge in [0.1, 0.15) is 0 Å². The van der Waals surface area contributed by atoms with Gasteiger partial charge >= 0.3 is 0 Å². The van der Waals surface area contributed by atoms with Gasteiger partial charge in [0.05, 0.1) is 11.6 Å². The molecular weight excluding hydrogens is 314 g/mol. The average molecular weight is 331 g/mol. The smallest absolute Gasteiger partial charge is 0.0991 e. The van der Waals surface area contributed by atoms with E-state index < -0.39 is 0 Å². The van der Waals surface area contributed by atoms with Crippen LogP contribution in [0.4, 0.5) is 5.69 Å². The summed E-state index contributed by atoms with van der Waals surface area (Å²) in [6, 6.07) is 18.1. The summed E-state index contributed by atoms with van der Waals surface area (Å²) in [5.74, 6) is 0. The fourth-order valence-electron chi connectivity index (χ4n) is 2.63. The fraction of sp³-hybridized carbons (Fsp3) is 0.100. The number of benzene rings is 2. The second-order valence-corrected chi connectivity index (χ2v) is 6.78.